The second-order valence-corrected chi connectivity index (χ2v) is 7.66. The van der Waals surface area contributed by atoms with Gasteiger partial charge in [-0.15, -0.1) is 0 Å². The maximum Gasteiger partial charge on any atom is 0.323 e. The van der Waals surface area contributed by atoms with Gasteiger partial charge in [-0.05, 0) is 52.4 Å². The third-order valence-corrected chi connectivity index (χ3v) is 5.19. The molecule has 2 aliphatic rings. The highest BCUT2D eigenvalue weighted by molar-refractivity contribution is 5.88. The molecule has 7 heteroatoms. The van der Waals surface area contributed by atoms with Gasteiger partial charge in [-0.25, -0.2) is 4.79 Å². The lowest BCUT2D eigenvalue weighted by Gasteiger charge is -2.28. The van der Waals surface area contributed by atoms with Crippen molar-refractivity contribution >= 4 is 11.8 Å². The van der Waals surface area contributed by atoms with Crippen LogP contribution >= 0.6 is 0 Å². The fourth-order valence-corrected chi connectivity index (χ4v) is 3.72. The molecule has 2 aliphatic heterocycles. The second kappa shape index (κ2) is 8.67. The smallest absolute Gasteiger partial charge is 0.323 e. The maximum absolute atomic E-state index is 12.5. The Morgan fingerprint density at radius 2 is 2.08 bits per heavy atom. The zero-order valence-electron chi connectivity index (χ0n) is 15.7. The summed E-state index contributed by atoms with van der Waals surface area (Å²) in [5, 5.41) is 7.37. The van der Waals surface area contributed by atoms with Gasteiger partial charge in [0.1, 0.15) is 0 Å². The lowest BCUT2D eigenvalue weighted by molar-refractivity contribution is 0.192. The highest BCUT2D eigenvalue weighted by atomic mass is 16.2. The number of nitrogens with zero attached hydrogens (tertiary/aromatic N) is 5. The molecule has 0 spiro atoms. The van der Waals surface area contributed by atoms with Gasteiger partial charge in [-0.2, -0.15) is 5.10 Å². The van der Waals surface area contributed by atoms with Gasteiger partial charge < -0.3 is 14.7 Å². The summed E-state index contributed by atoms with van der Waals surface area (Å²) in [6.45, 7) is 7.07. The molecule has 3 rings (SSSR count). The van der Waals surface area contributed by atoms with Crippen LogP contribution in [0.4, 0.5) is 10.6 Å². The normalized spacial score (nSPS) is 21.9. The first kappa shape index (κ1) is 18.2. The number of carbonyl (C=O) groups is 1. The van der Waals surface area contributed by atoms with Gasteiger partial charge >= 0.3 is 6.03 Å². The van der Waals surface area contributed by atoms with Gasteiger partial charge in [-0.3, -0.25) is 10.00 Å². The molecule has 140 valence electrons. The number of rotatable bonds is 6. The topological polar surface area (TPSA) is 56.6 Å². The van der Waals surface area contributed by atoms with Crippen LogP contribution in [0.15, 0.2) is 12.3 Å². The molecule has 2 saturated heterocycles. The molecule has 0 aromatic carbocycles. The molecule has 0 bridgehead atoms. The molecule has 0 saturated carbocycles. The number of carbonyl (C=O) groups excluding carboxylic acids is 1. The molecular weight excluding hydrogens is 316 g/mol. The fourth-order valence-electron chi connectivity index (χ4n) is 3.72. The minimum Gasteiger partial charge on any atom is -0.324 e. The molecule has 1 aromatic rings. The molecule has 1 N–H and O–H groups in total. The predicted octanol–water partition coefficient (Wildman–Crippen LogP) is 1.78. The Bertz CT molecular complexity index is 552. The van der Waals surface area contributed by atoms with Crippen LogP contribution in [0.3, 0.4) is 0 Å². The van der Waals surface area contributed by atoms with E-state index in [4.69, 9.17) is 0 Å². The molecular formula is C18H32N6O. The lowest BCUT2D eigenvalue weighted by atomic mass is 10.1. The van der Waals surface area contributed by atoms with Gasteiger partial charge in [0.2, 0.25) is 0 Å². The number of hydrogen-bond acceptors (Lipinski definition) is 4. The number of piperidine rings is 1. The number of amides is 2. The van der Waals surface area contributed by atoms with Crippen LogP contribution in [0.1, 0.15) is 25.7 Å². The largest absolute Gasteiger partial charge is 0.324 e. The molecule has 2 amide bonds. The summed E-state index contributed by atoms with van der Waals surface area (Å²) >= 11 is 0. The van der Waals surface area contributed by atoms with Crippen molar-refractivity contribution in [2.45, 2.75) is 32.2 Å². The molecule has 0 radical (unpaired) electrons. The number of hydrogen-bond donors (Lipinski definition) is 1. The SMILES string of the molecule is CN(C)CCn1ccc(NC(=O)N2CCC(CN3CCCCC3)C2)n1. The molecule has 1 atom stereocenters. The van der Waals surface area contributed by atoms with Crippen LogP contribution in [0.5, 0.6) is 0 Å². The lowest BCUT2D eigenvalue weighted by Crippen LogP contribution is -2.37. The first-order chi connectivity index (χ1) is 12.1. The van der Waals surface area contributed by atoms with E-state index in [2.05, 4.69) is 20.2 Å². The van der Waals surface area contributed by atoms with Crippen molar-refractivity contribution in [3.05, 3.63) is 12.3 Å². The fraction of sp³-hybridized carbons (Fsp3) is 0.778. The summed E-state index contributed by atoms with van der Waals surface area (Å²) in [5.41, 5.74) is 0. The third-order valence-electron chi connectivity index (χ3n) is 5.19. The van der Waals surface area contributed by atoms with Gasteiger partial charge in [-0.1, -0.05) is 6.42 Å². The number of nitrogens with one attached hydrogen (secondary N) is 1. The number of aromatic nitrogens is 2. The highest BCUT2D eigenvalue weighted by Crippen LogP contribution is 2.20. The van der Waals surface area contributed by atoms with Crippen LogP contribution < -0.4 is 5.32 Å². The van der Waals surface area contributed by atoms with E-state index in [1.807, 2.05) is 35.9 Å². The van der Waals surface area contributed by atoms with E-state index >= 15 is 0 Å². The van der Waals surface area contributed by atoms with Crippen molar-refractivity contribution in [1.82, 2.24) is 24.5 Å². The Morgan fingerprint density at radius 1 is 1.28 bits per heavy atom. The number of anilines is 1. The summed E-state index contributed by atoms with van der Waals surface area (Å²) < 4.78 is 1.87. The van der Waals surface area contributed by atoms with Crippen molar-refractivity contribution in [2.75, 3.05) is 58.7 Å². The summed E-state index contributed by atoms with van der Waals surface area (Å²) in [5.74, 6) is 1.25. The zero-order chi connectivity index (χ0) is 17.6. The summed E-state index contributed by atoms with van der Waals surface area (Å²) in [4.78, 5) is 19.1. The Labute approximate surface area is 150 Å². The average molecular weight is 348 g/mol. The minimum atomic E-state index is -0.0148. The van der Waals surface area contributed by atoms with Crippen molar-refractivity contribution in [1.29, 1.82) is 0 Å². The van der Waals surface area contributed by atoms with Gasteiger partial charge in [0.15, 0.2) is 5.82 Å². The van der Waals surface area contributed by atoms with E-state index in [1.54, 1.807) is 0 Å². The van der Waals surface area contributed by atoms with Crippen molar-refractivity contribution in [2.24, 2.45) is 5.92 Å². The van der Waals surface area contributed by atoms with E-state index in [0.29, 0.717) is 11.7 Å². The highest BCUT2D eigenvalue weighted by Gasteiger charge is 2.28. The van der Waals surface area contributed by atoms with E-state index in [9.17, 15) is 4.79 Å². The molecule has 25 heavy (non-hydrogen) atoms. The van der Waals surface area contributed by atoms with Crippen LogP contribution in [-0.4, -0.2) is 83.9 Å². The van der Waals surface area contributed by atoms with E-state index in [1.165, 1.54) is 32.4 Å². The van der Waals surface area contributed by atoms with Crippen LogP contribution in [0.25, 0.3) is 0 Å². The van der Waals surface area contributed by atoms with E-state index in [0.717, 1.165) is 39.1 Å². The van der Waals surface area contributed by atoms with Gasteiger partial charge in [0, 0.05) is 38.4 Å². The van der Waals surface area contributed by atoms with E-state index in [-0.39, 0.29) is 6.03 Å². The predicted molar refractivity (Wildman–Crippen MR) is 99.8 cm³/mol. The van der Waals surface area contributed by atoms with Crippen LogP contribution in [0.2, 0.25) is 0 Å². The average Bonchev–Trinajstić information content (AvgIpc) is 3.23. The van der Waals surface area contributed by atoms with Crippen molar-refractivity contribution in [3.8, 4) is 0 Å². The molecule has 1 unspecified atom stereocenters. The van der Waals surface area contributed by atoms with Crippen LogP contribution in [0, 0.1) is 5.92 Å². The minimum absolute atomic E-state index is 0.0148. The number of urea groups is 1. The second-order valence-electron chi connectivity index (χ2n) is 7.66. The molecule has 0 aliphatic carbocycles. The Balaban J connectivity index is 1.42. The molecule has 2 fully saturated rings. The standard InChI is InChI=1S/C18H32N6O/c1-21(2)12-13-24-11-7-17(20-24)19-18(25)23-10-6-16(15-23)14-22-8-4-3-5-9-22/h7,11,16H,3-6,8-10,12-15H2,1-2H3,(H,19,20,25). The van der Waals surface area contributed by atoms with Gasteiger partial charge in [0.25, 0.3) is 0 Å². The van der Waals surface area contributed by atoms with E-state index < -0.39 is 0 Å². The molecule has 7 nitrogen and oxygen atoms in total. The summed E-state index contributed by atoms with van der Waals surface area (Å²) in [6.07, 6.45) is 7.06. The Hall–Kier alpha value is -1.60. The third kappa shape index (κ3) is 5.44. The first-order valence-electron chi connectivity index (χ1n) is 9.56. The first-order valence-corrected chi connectivity index (χ1v) is 9.56. The van der Waals surface area contributed by atoms with Crippen LogP contribution in [-0.2, 0) is 6.54 Å². The number of likely N-dealkylation sites (tertiary alicyclic amines) is 2. The van der Waals surface area contributed by atoms with Crippen molar-refractivity contribution in [3.63, 3.8) is 0 Å². The summed E-state index contributed by atoms with van der Waals surface area (Å²) in [6, 6.07) is 1.86. The Kier molecular flexibility index (Phi) is 6.31. The number of likely N-dealkylation sites (N-methyl/N-ethyl adjacent to an activating group) is 1. The quantitative estimate of drug-likeness (QED) is 0.851. The summed E-state index contributed by atoms with van der Waals surface area (Å²) in [7, 11) is 4.08. The monoisotopic (exact) mass is 348 g/mol. The molecule has 3 heterocycles. The van der Waals surface area contributed by atoms with Crippen molar-refractivity contribution < 1.29 is 4.79 Å². The zero-order valence-corrected chi connectivity index (χ0v) is 15.7. The Morgan fingerprint density at radius 3 is 2.84 bits per heavy atom. The van der Waals surface area contributed by atoms with Gasteiger partial charge in [0.05, 0.1) is 6.54 Å². The molecule has 1 aromatic heterocycles. The maximum atomic E-state index is 12.5.